The number of fused-ring (bicyclic) bond motifs is 1. The smallest absolute Gasteiger partial charge is 0.318 e. The molecule has 1 atom stereocenters. The number of quaternary nitrogens is 1. The van der Waals surface area contributed by atoms with Gasteiger partial charge in [-0.3, -0.25) is 4.99 Å². The number of primary amides is 1. The second-order valence-electron chi connectivity index (χ2n) is 5.88. The van der Waals surface area contributed by atoms with E-state index in [0.29, 0.717) is 16.8 Å². The number of carbonyl (C=O) groups is 2. The maximum absolute atomic E-state index is 12.8. The lowest BCUT2D eigenvalue weighted by Crippen LogP contribution is -2.58. The van der Waals surface area contributed by atoms with E-state index in [1.165, 1.54) is 19.2 Å². The van der Waals surface area contributed by atoms with E-state index >= 15 is 0 Å². The molecular formula is C18H14F3N3O2+. The van der Waals surface area contributed by atoms with Crippen LogP contribution in [0, 0.1) is 6.54 Å². The summed E-state index contributed by atoms with van der Waals surface area (Å²) < 4.78 is 37.5. The quantitative estimate of drug-likeness (QED) is 0.792. The number of benzodiazepines with no additional fused rings is 1. The van der Waals surface area contributed by atoms with Gasteiger partial charge < -0.3 is 5.73 Å². The molecule has 5 nitrogen and oxygen atoms in total. The van der Waals surface area contributed by atoms with Crippen LogP contribution in [0.2, 0.25) is 0 Å². The molecule has 3 rings (SSSR count). The topological polar surface area (TPSA) is 72.5 Å². The first kappa shape index (κ1) is 17.8. The Bertz CT molecular complexity index is 920. The minimum absolute atomic E-state index is 0.283. The van der Waals surface area contributed by atoms with E-state index in [-0.39, 0.29) is 5.71 Å². The van der Waals surface area contributed by atoms with Gasteiger partial charge in [0.2, 0.25) is 6.54 Å². The van der Waals surface area contributed by atoms with Crippen molar-refractivity contribution in [1.29, 1.82) is 0 Å². The molecule has 2 N–H and O–H groups in total. The number of urea groups is 1. The first-order valence-electron chi connectivity index (χ1n) is 7.55. The highest BCUT2D eigenvalue weighted by Gasteiger charge is 2.45. The third-order valence-electron chi connectivity index (χ3n) is 4.31. The van der Waals surface area contributed by atoms with Gasteiger partial charge in [0.25, 0.3) is 0 Å². The molecule has 1 radical (unpaired) electrons. The number of hydrogen-bond acceptors (Lipinski definition) is 3. The molecule has 1 unspecified atom stereocenters. The zero-order chi connectivity index (χ0) is 19.1. The Morgan fingerprint density at radius 1 is 1.08 bits per heavy atom. The van der Waals surface area contributed by atoms with Crippen molar-refractivity contribution in [3.63, 3.8) is 0 Å². The Kier molecular flexibility index (Phi) is 4.15. The number of nitrogens with two attached hydrogens (primary N) is 1. The molecule has 26 heavy (non-hydrogen) atoms. The largest absolute Gasteiger partial charge is 0.426 e. The lowest BCUT2D eigenvalue weighted by molar-refractivity contribution is -0.137. The summed E-state index contributed by atoms with van der Waals surface area (Å²) in [4.78, 5) is 28.6. The summed E-state index contributed by atoms with van der Waals surface area (Å²) in [7, 11) is 1.35. The summed E-state index contributed by atoms with van der Waals surface area (Å²) in [6, 6.07) is 10.1. The lowest BCUT2D eigenvalue weighted by atomic mass is 9.98. The molecule has 133 valence electrons. The molecule has 0 fully saturated rings. The van der Waals surface area contributed by atoms with Gasteiger partial charge in [0.05, 0.1) is 23.9 Å². The van der Waals surface area contributed by atoms with Crippen LogP contribution in [-0.2, 0) is 11.0 Å². The van der Waals surface area contributed by atoms with Crippen LogP contribution in [0.25, 0.3) is 0 Å². The Hall–Kier alpha value is -3.00. The number of alkyl halides is 3. The fourth-order valence-corrected chi connectivity index (χ4v) is 2.76. The van der Waals surface area contributed by atoms with E-state index in [9.17, 15) is 22.8 Å². The minimum atomic E-state index is -4.45. The standard InChI is InChI=1S/C18H13F3N3O2/c1-24(17(22)26)14-5-3-2-4-13(14)16(23-10-15(24)25)11-6-8-12(9-7-11)18(19,20)21/h2-10H,1H3,(H-,22,26)/p+1. The summed E-state index contributed by atoms with van der Waals surface area (Å²) in [5.74, 6) is -0.646. The second kappa shape index (κ2) is 6.06. The predicted octanol–water partition coefficient (Wildman–Crippen LogP) is 3.26. The van der Waals surface area contributed by atoms with Crippen LogP contribution in [-0.4, -0.2) is 24.7 Å². The number of imide groups is 1. The molecule has 2 aromatic rings. The third-order valence-corrected chi connectivity index (χ3v) is 4.31. The molecule has 0 aromatic heterocycles. The zero-order valence-corrected chi connectivity index (χ0v) is 13.6. The van der Waals surface area contributed by atoms with Crippen LogP contribution in [0.5, 0.6) is 0 Å². The van der Waals surface area contributed by atoms with Crippen molar-refractivity contribution in [2.45, 2.75) is 6.18 Å². The van der Waals surface area contributed by atoms with E-state index in [0.717, 1.165) is 18.7 Å². The number of likely N-dealkylation sites (N-methyl/N-ethyl adjacent to an activating group) is 1. The summed E-state index contributed by atoms with van der Waals surface area (Å²) >= 11 is 0. The molecule has 0 aliphatic carbocycles. The number of hydrogen-bond donors (Lipinski definition) is 1. The molecule has 1 heterocycles. The van der Waals surface area contributed by atoms with Crippen molar-refractivity contribution in [2.75, 3.05) is 7.05 Å². The fraction of sp³-hybridized carbons (Fsp3) is 0.111. The van der Waals surface area contributed by atoms with Gasteiger partial charge in [-0.15, -0.1) is 4.48 Å². The van der Waals surface area contributed by atoms with Crippen LogP contribution in [0.15, 0.2) is 53.5 Å². The molecule has 8 heteroatoms. The highest BCUT2D eigenvalue weighted by molar-refractivity contribution is 6.23. The Balaban J connectivity index is 2.17. The van der Waals surface area contributed by atoms with E-state index in [1.54, 1.807) is 24.3 Å². The number of aliphatic imine (C=N–C) groups is 1. The molecule has 0 bridgehead atoms. The van der Waals surface area contributed by atoms with Crippen LogP contribution in [0.1, 0.15) is 16.7 Å². The van der Waals surface area contributed by atoms with Crippen LogP contribution in [0.3, 0.4) is 0 Å². The number of benzene rings is 2. The number of rotatable bonds is 1. The van der Waals surface area contributed by atoms with E-state index in [2.05, 4.69) is 4.99 Å². The van der Waals surface area contributed by atoms with Gasteiger partial charge in [-0.05, 0) is 18.2 Å². The normalized spacial score (nSPS) is 20.2. The zero-order valence-electron chi connectivity index (χ0n) is 13.6. The Labute approximate surface area is 147 Å². The molecule has 0 spiro atoms. The average Bonchev–Trinajstić information content (AvgIpc) is 2.71. The Morgan fingerprint density at radius 2 is 1.69 bits per heavy atom. The maximum atomic E-state index is 12.8. The van der Waals surface area contributed by atoms with Gasteiger partial charge in [-0.1, -0.05) is 24.3 Å². The number of carbonyl (C=O) groups excluding carboxylic acids is 2. The summed E-state index contributed by atoms with van der Waals surface area (Å²) in [5.41, 5.74) is 6.06. The lowest BCUT2D eigenvalue weighted by Gasteiger charge is -2.25. The van der Waals surface area contributed by atoms with E-state index in [1.807, 2.05) is 0 Å². The maximum Gasteiger partial charge on any atom is 0.426 e. The molecule has 2 aromatic carbocycles. The second-order valence-corrected chi connectivity index (χ2v) is 5.88. The number of nitrogens with zero attached hydrogens (tertiary/aromatic N) is 2. The first-order valence-corrected chi connectivity index (χ1v) is 7.55. The van der Waals surface area contributed by atoms with Crippen molar-refractivity contribution in [1.82, 2.24) is 4.48 Å². The molecule has 0 saturated heterocycles. The highest BCUT2D eigenvalue weighted by atomic mass is 19.4. The van der Waals surface area contributed by atoms with Gasteiger partial charge in [-0.2, -0.15) is 13.2 Å². The van der Waals surface area contributed by atoms with E-state index < -0.39 is 28.2 Å². The van der Waals surface area contributed by atoms with Gasteiger partial charge in [-0.25, -0.2) is 9.59 Å². The van der Waals surface area contributed by atoms with Crippen molar-refractivity contribution >= 4 is 23.3 Å². The minimum Gasteiger partial charge on any atom is -0.318 e. The number of amides is 3. The van der Waals surface area contributed by atoms with Gasteiger partial charge >= 0.3 is 18.1 Å². The summed E-state index contributed by atoms with van der Waals surface area (Å²) in [6.45, 7) is 0.970. The summed E-state index contributed by atoms with van der Waals surface area (Å²) in [6.07, 6.45) is -4.45. The average molecular weight is 361 g/mol. The van der Waals surface area contributed by atoms with E-state index in [4.69, 9.17) is 5.73 Å². The third kappa shape index (κ3) is 2.78. The van der Waals surface area contributed by atoms with Crippen molar-refractivity contribution in [3.8, 4) is 0 Å². The monoisotopic (exact) mass is 361 g/mol. The first-order chi connectivity index (χ1) is 12.2. The van der Waals surface area contributed by atoms with Crippen molar-refractivity contribution < 1.29 is 22.8 Å². The molecule has 1 aliphatic heterocycles. The molecular weight excluding hydrogens is 347 g/mol. The SMILES string of the molecule is C[N+]1(C(N)=O)C(=O)[CH]N=C(c2ccc(C(F)(F)F)cc2)c2ccccc21. The van der Waals surface area contributed by atoms with Crippen LogP contribution in [0.4, 0.5) is 23.7 Å². The van der Waals surface area contributed by atoms with Gasteiger partial charge in [0.1, 0.15) is 0 Å². The summed E-state index contributed by atoms with van der Waals surface area (Å²) in [5, 5.41) is 0. The van der Waals surface area contributed by atoms with Gasteiger partial charge in [0, 0.05) is 11.6 Å². The Morgan fingerprint density at radius 3 is 2.27 bits per heavy atom. The van der Waals surface area contributed by atoms with Crippen LogP contribution < -0.4 is 10.2 Å². The highest BCUT2D eigenvalue weighted by Crippen LogP contribution is 2.33. The number of para-hydroxylation sites is 1. The number of halogens is 3. The van der Waals surface area contributed by atoms with Gasteiger partial charge in [0.15, 0.2) is 5.69 Å². The van der Waals surface area contributed by atoms with Crippen molar-refractivity contribution in [2.24, 2.45) is 10.7 Å². The predicted molar refractivity (Wildman–Crippen MR) is 90.1 cm³/mol. The molecule has 0 saturated carbocycles. The molecule has 3 amide bonds. The van der Waals surface area contributed by atoms with Crippen LogP contribution >= 0.6 is 0 Å². The fourth-order valence-electron chi connectivity index (χ4n) is 2.76. The molecule has 1 aliphatic rings. The van der Waals surface area contributed by atoms with Crippen molar-refractivity contribution in [3.05, 3.63) is 71.8 Å².